The second-order valence-corrected chi connectivity index (χ2v) is 7.49. The van der Waals surface area contributed by atoms with Crippen molar-refractivity contribution >= 4 is 5.97 Å². The lowest BCUT2D eigenvalue weighted by Crippen LogP contribution is -2.34. The zero-order chi connectivity index (χ0) is 19.9. The van der Waals surface area contributed by atoms with Crippen molar-refractivity contribution in [3.8, 4) is 17.2 Å². The zero-order valence-electron chi connectivity index (χ0n) is 16.6. The second-order valence-electron chi connectivity index (χ2n) is 7.49. The molecule has 1 saturated heterocycles. The average molecular weight is 377 g/mol. The van der Waals surface area contributed by atoms with Crippen LogP contribution in [0, 0.1) is 17.2 Å². The van der Waals surface area contributed by atoms with Crippen molar-refractivity contribution in [2.75, 3.05) is 33.8 Å². The molecule has 0 amide bonds. The Kier molecular flexibility index (Phi) is 6.80. The van der Waals surface area contributed by atoms with E-state index in [1.165, 1.54) is 20.0 Å². The van der Waals surface area contributed by atoms with E-state index >= 15 is 0 Å². The number of hydrogen-bond donors (Lipinski definition) is 1. The van der Waals surface area contributed by atoms with Gasteiger partial charge in [-0.25, -0.2) is 4.79 Å². The highest BCUT2D eigenvalue weighted by atomic mass is 16.5. The molecule has 1 aliphatic heterocycles. The third kappa shape index (κ3) is 5.19. The van der Waals surface area contributed by atoms with Crippen molar-refractivity contribution in [3.63, 3.8) is 0 Å². The summed E-state index contributed by atoms with van der Waals surface area (Å²) < 4.78 is 4.94. The molecule has 5 nitrogen and oxygen atoms in total. The lowest BCUT2D eigenvalue weighted by molar-refractivity contribution is 0.0600. The van der Waals surface area contributed by atoms with Crippen molar-refractivity contribution in [2.24, 2.45) is 5.92 Å². The van der Waals surface area contributed by atoms with E-state index in [9.17, 15) is 10.1 Å². The molecule has 0 spiro atoms. The Hall–Kier alpha value is -2.68. The molecule has 0 radical (unpaired) electrons. The van der Waals surface area contributed by atoms with Gasteiger partial charge < -0.3 is 15.0 Å². The Morgan fingerprint density at radius 3 is 2.71 bits per heavy atom. The average Bonchev–Trinajstić information content (AvgIpc) is 2.73. The Labute approximate surface area is 166 Å². The van der Waals surface area contributed by atoms with Crippen LogP contribution in [0.1, 0.15) is 34.3 Å². The fraction of sp³-hybridized carbons (Fsp3) is 0.391. The minimum absolute atomic E-state index is 0.347. The van der Waals surface area contributed by atoms with Gasteiger partial charge in [0, 0.05) is 13.1 Å². The first-order valence-corrected chi connectivity index (χ1v) is 9.71. The highest BCUT2D eigenvalue weighted by Crippen LogP contribution is 2.25. The maximum Gasteiger partial charge on any atom is 0.337 e. The molecule has 0 aromatic heterocycles. The number of carbonyl (C=O) groups excluding carboxylic acids is 1. The SMILES string of the molecule is COC(=O)c1cc(CN(C)CC2CCNCC2)cc(-c2cccc(C#N)c2)c1. The summed E-state index contributed by atoms with van der Waals surface area (Å²) in [7, 11) is 3.52. The van der Waals surface area contributed by atoms with E-state index in [-0.39, 0.29) is 5.97 Å². The van der Waals surface area contributed by atoms with Crippen molar-refractivity contribution in [1.82, 2.24) is 10.2 Å². The number of nitriles is 1. The minimum Gasteiger partial charge on any atom is -0.465 e. The van der Waals surface area contributed by atoms with Gasteiger partial charge in [-0.1, -0.05) is 12.1 Å². The van der Waals surface area contributed by atoms with Crippen LogP contribution >= 0.6 is 0 Å². The summed E-state index contributed by atoms with van der Waals surface area (Å²) >= 11 is 0. The topological polar surface area (TPSA) is 65.4 Å². The van der Waals surface area contributed by atoms with Gasteiger partial charge in [0.1, 0.15) is 0 Å². The van der Waals surface area contributed by atoms with Gasteiger partial charge in [-0.15, -0.1) is 0 Å². The third-order valence-corrected chi connectivity index (χ3v) is 5.22. The first kappa shape index (κ1) is 20.1. The van der Waals surface area contributed by atoms with Crippen molar-refractivity contribution in [1.29, 1.82) is 5.26 Å². The fourth-order valence-corrected chi connectivity index (χ4v) is 3.84. The van der Waals surface area contributed by atoms with Crippen LogP contribution in [0.15, 0.2) is 42.5 Å². The van der Waals surface area contributed by atoms with Crippen LogP contribution in [0.2, 0.25) is 0 Å². The molecule has 28 heavy (non-hydrogen) atoms. The van der Waals surface area contributed by atoms with Crippen LogP contribution in [0.25, 0.3) is 11.1 Å². The molecule has 3 rings (SSSR count). The van der Waals surface area contributed by atoms with Gasteiger partial charge in [-0.3, -0.25) is 0 Å². The highest BCUT2D eigenvalue weighted by Gasteiger charge is 2.16. The van der Waals surface area contributed by atoms with Crippen molar-refractivity contribution in [3.05, 3.63) is 59.2 Å². The van der Waals surface area contributed by atoms with E-state index in [2.05, 4.69) is 29.4 Å². The molecule has 1 heterocycles. The molecule has 2 aromatic carbocycles. The molecule has 1 N–H and O–H groups in total. The number of rotatable bonds is 6. The Morgan fingerprint density at radius 1 is 1.21 bits per heavy atom. The first-order valence-electron chi connectivity index (χ1n) is 9.71. The van der Waals surface area contributed by atoms with Gasteiger partial charge in [0.15, 0.2) is 0 Å². The molecule has 0 aliphatic carbocycles. The van der Waals surface area contributed by atoms with Gasteiger partial charge in [0.05, 0.1) is 24.3 Å². The molecule has 0 atom stereocenters. The monoisotopic (exact) mass is 377 g/mol. The van der Waals surface area contributed by atoms with Gasteiger partial charge in [0.2, 0.25) is 0 Å². The molecule has 1 aliphatic rings. The fourth-order valence-electron chi connectivity index (χ4n) is 3.84. The molecular formula is C23H27N3O2. The van der Waals surface area contributed by atoms with E-state index < -0.39 is 0 Å². The summed E-state index contributed by atoms with van der Waals surface area (Å²) in [5, 5.41) is 12.6. The smallest absolute Gasteiger partial charge is 0.337 e. The molecule has 2 aromatic rings. The number of benzene rings is 2. The predicted octanol–water partition coefficient (Wildman–Crippen LogP) is 3.44. The summed E-state index contributed by atoms with van der Waals surface area (Å²) in [6, 6.07) is 15.5. The number of nitrogens with one attached hydrogen (secondary N) is 1. The molecule has 1 fully saturated rings. The summed E-state index contributed by atoms with van der Waals surface area (Å²) in [5.41, 5.74) is 4.05. The maximum atomic E-state index is 12.2. The van der Waals surface area contributed by atoms with Gasteiger partial charge in [0.25, 0.3) is 0 Å². The molecule has 0 unspecified atom stereocenters. The minimum atomic E-state index is -0.347. The second kappa shape index (κ2) is 9.50. The van der Waals surface area contributed by atoms with Crippen LogP contribution < -0.4 is 5.32 Å². The molecule has 146 valence electrons. The summed E-state index contributed by atoms with van der Waals surface area (Å²) in [6.45, 7) is 3.99. The van der Waals surface area contributed by atoms with Crippen LogP contribution in [0.4, 0.5) is 0 Å². The lowest BCUT2D eigenvalue weighted by Gasteiger charge is -2.27. The Bertz CT molecular complexity index is 866. The number of hydrogen-bond acceptors (Lipinski definition) is 5. The quantitative estimate of drug-likeness (QED) is 0.781. The van der Waals surface area contributed by atoms with Gasteiger partial charge in [-0.2, -0.15) is 5.26 Å². The zero-order valence-corrected chi connectivity index (χ0v) is 16.6. The summed E-state index contributed by atoms with van der Waals surface area (Å²) in [5.74, 6) is 0.363. The van der Waals surface area contributed by atoms with Gasteiger partial charge >= 0.3 is 5.97 Å². The summed E-state index contributed by atoms with van der Waals surface area (Å²) in [6.07, 6.45) is 2.41. The highest BCUT2D eigenvalue weighted by molar-refractivity contribution is 5.91. The number of methoxy groups -OCH3 is 1. The Balaban J connectivity index is 1.85. The molecular weight excluding hydrogens is 350 g/mol. The van der Waals surface area contributed by atoms with Gasteiger partial charge in [-0.05, 0) is 85.9 Å². The number of esters is 1. The number of ether oxygens (including phenoxy) is 1. The first-order chi connectivity index (χ1) is 13.6. The molecule has 0 bridgehead atoms. The third-order valence-electron chi connectivity index (χ3n) is 5.22. The van der Waals surface area contributed by atoms with E-state index in [1.54, 1.807) is 6.07 Å². The predicted molar refractivity (Wildman–Crippen MR) is 110 cm³/mol. The number of carbonyl (C=O) groups is 1. The van der Waals surface area contributed by atoms with E-state index in [0.29, 0.717) is 17.0 Å². The van der Waals surface area contributed by atoms with Crippen LogP contribution in [0.5, 0.6) is 0 Å². The largest absolute Gasteiger partial charge is 0.465 e. The van der Waals surface area contributed by atoms with Crippen LogP contribution in [-0.4, -0.2) is 44.7 Å². The number of nitrogens with zero attached hydrogens (tertiary/aromatic N) is 2. The molecule has 5 heteroatoms. The van der Waals surface area contributed by atoms with E-state index in [0.717, 1.165) is 42.9 Å². The van der Waals surface area contributed by atoms with E-state index in [4.69, 9.17) is 4.74 Å². The lowest BCUT2D eigenvalue weighted by atomic mass is 9.96. The molecule has 0 saturated carbocycles. The van der Waals surface area contributed by atoms with E-state index in [1.807, 2.05) is 30.3 Å². The van der Waals surface area contributed by atoms with Crippen molar-refractivity contribution < 1.29 is 9.53 Å². The Morgan fingerprint density at radius 2 is 2.00 bits per heavy atom. The van der Waals surface area contributed by atoms with Crippen molar-refractivity contribution in [2.45, 2.75) is 19.4 Å². The maximum absolute atomic E-state index is 12.2. The summed E-state index contributed by atoms with van der Waals surface area (Å²) in [4.78, 5) is 14.5. The normalized spacial score (nSPS) is 14.6. The standard InChI is InChI=1S/C23H27N3O2/c1-26(15-17-6-8-25-9-7-17)16-19-11-21(13-22(12-19)23(27)28-2)20-5-3-4-18(10-20)14-24/h3-5,10-13,17,25H,6-9,15-16H2,1-2H3. The van der Waals surface area contributed by atoms with Crippen LogP contribution in [0.3, 0.4) is 0 Å². The number of piperidine rings is 1. The van der Waals surface area contributed by atoms with Crippen LogP contribution in [-0.2, 0) is 11.3 Å².